The first-order valence-electron chi connectivity index (χ1n) is 8.47. The van der Waals surface area contributed by atoms with E-state index in [1.807, 2.05) is 0 Å². The molecule has 0 atom stereocenters. The number of hydrogen-bond acceptors (Lipinski definition) is 5. The number of hydrogen-bond donors (Lipinski definition) is 2. The van der Waals surface area contributed by atoms with E-state index in [1.165, 1.54) is 25.3 Å². The first-order valence-corrected chi connectivity index (χ1v) is 9.95. The minimum atomic E-state index is -3.76. The fourth-order valence-electron chi connectivity index (χ4n) is 2.37. The van der Waals surface area contributed by atoms with Crippen LogP contribution in [0.2, 0.25) is 0 Å². The van der Waals surface area contributed by atoms with Crippen molar-refractivity contribution in [2.24, 2.45) is 0 Å². The fourth-order valence-corrected chi connectivity index (χ4v) is 3.44. The number of esters is 1. The highest BCUT2D eigenvalue weighted by Gasteiger charge is 2.14. The maximum Gasteiger partial charge on any atom is 0.337 e. The molecule has 0 aliphatic rings. The molecule has 28 heavy (non-hydrogen) atoms. The number of nitrogens with one attached hydrogen (secondary N) is 2. The number of halogens is 1. The smallest absolute Gasteiger partial charge is 0.337 e. The molecule has 0 heterocycles. The van der Waals surface area contributed by atoms with Gasteiger partial charge in [-0.3, -0.25) is 4.79 Å². The molecular weight excluding hydrogens is 387 g/mol. The van der Waals surface area contributed by atoms with Crippen molar-refractivity contribution in [1.29, 1.82) is 0 Å². The van der Waals surface area contributed by atoms with Crippen LogP contribution in [0.4, 0.5) is 10.1 Å². The molecular formula is C19H21FN2O5S. The highest BCUT2D eigenvalue weighted by Crippen LogP contribution is 2.18. The highest BCUT2D eigenvalue weighted by atomic mass is 32.2. The average molecular weight is 408 g/mol. The third-order valence-corrected chi connectivity index (χ3v) is 5.41. The lowest BCUT2D eigenvalue weighted by molar-refractivity contribution is -0.116. The lowest BCUT2D eigenvalue weighted by Gasteiger charge is -2.10. The summed E-state index contributed by atoms with van der Waals surface area (Å²) in [6.07, 6.45) is 0.343. The molecule has 0 fully saturated rings. The normalized spacial score (nSPS) is 11.1. The van der Waals surface area contributed by atoms with E-state index in [1.54, 1.807) is 19.1 Å². The summed E-state index contributed by atoms with van der Waals surface area (Å²) in [5.74, 6) is -1.35. The molecule has 0 aromatic heterocycles. The molecule has 0 aliphatic heterocycles. The summed E-state index contributed by atoms with van der Waals surface area (Å²) in [7, 11) is -2.49. The molecule has 0 radical (unpaired) electrons. The minimum absolute atomic E-state index is 0.0476. The van der Waals surface area contributed by atoms with Gasteiger partial charge in [0, 0.05) is 18.7 Å². The van der Waals surface area contributed by atoms with Gasteiger partial charge >= 0.3 is 5.97 Å². The van der Waals surface area contributed by atoms with Crippen LogP contribution in [0.5, 0.6) is 0 Å². The van der Waals surface area contributed by atoms with Crippen molar-refractivity contribution in [1.82, 2.24) is 4.72 Å². The maximum atomic E-state index is 12.9. The summed E-state index contributed by atoms with van der Waals surface area (Å²) in [4.78, 5) is 23.6. The summed E-state index contributed by atoms with van der Waals surface area (Å²) in [6.45, 7) is 1.84. The molecule has 0 saturated carbocycles. The van der Waals surface area contributed by atoms with Gasteiger partial charge in [0.1, 0.15) is 5.82 Å². The highest BCUT2D eigenvalue weighted by molar-refractivity contribution is 7.89. The zero-order valence-electron chi connectivity index (χ0n) is 15.5. The number of aryl methyl sites for hydroxylation is 1. The van der Waals surface area contributed by atoms with E-state index in [9.17, 15) is 22.4 Å². The molecule has 2 rings (SSSR count). The second kappa shape index (κ2) is 9.43. The fraction of sp³-hybridized carbons (Fsp3) is 0.263. The van der Waals surface area contributed by atoms with Crippen LogP contribution in [0.25, 0.3) is 0 Å². The second-order valence-electron chi connectivity index (χ2n) is 6.02. The molecule has 0 aliphatic carbocycles. The monoisotopic (exact) mass is 408 g/mol. The van der Waals surface area contributed by atoms with Gasteiger partial charge in [0.2, 0.25) is 15.9 Å². The third-order valence-electron chi connectivity index (χ3n) is 3.93. The molecule has 2 aromatic carbocycles. The van der Waals surface area contributed by atoms with Crippen LogP contribution < -0.4 is 10.0 Å². The third kappa shape index (κ3) is 5.86. The summed E-state index contributed by atoms with van der Waals surface area (Å²) in [5.41, 5.74) is 1.58. The number of rotatable bonds is 8. The quantitative estimate of drug-likeness (QED) is 0.516. The molecule has 0 unspecified atom stereocenters. The Bertz CT molecular complexity index is 959. The molecule has 0 saturated heterocycles. The van der Waals surface area contributed by atoms with Crippen molar-refractivity contribution in [3.8, 4) is 0 Å². The number of anilines is 1. The van der Waals surface area contributed by atoms with Crippen molar-refractivity contribution in [2.45, 2.75) is 24.7 Å². The Labute approximate surface area is 163 Å². The van der Waals surface area contributed by atoms with E-state index in [2.05, 4.69) is 14.8 Å². The maximum absolute atomic E-state index is 12.9. The molecule has 2 aromatic rings. The van der Waals surface area contributed by atoms with Crippen molar-refractivity contribution >= 4 is 27.6 Å². The SMILES string of the molecule is COC(=O)c1ccc(C)c(NC(=O)CCCNS(=O)(=O)c2ccc(F)cc2)c1. The molecule has 0 bridgehead atoms. The van der Waals surface area contributed by atoms with Gasteiger partial charge in [-0.15, -0.1) is 0 Å². The Morgan fingerprint density at radius 1 is 1.11 bits per heavy atom. The zero-order valence-corrected chi connectivity index (χ0v) is 16.3. The lowest BCUT2D eigenvalue weighted by Crippen LogP contribution is -2.25. The Hall–Kier alpha value is -2.78. The van der Waals surface area contributed by atoms with E-state index >= 15 is 0 Å². The number of methoxy groups -OCH3 is 1. The predicted molar refractivity (Wildman–Crippen MR) is 102 cm³/mol. The van der Waals surface area contributed by atoms with Gasteiger partial charge in [-0.2, -0.15) is 0 Å². The van der Waals surface area contributed by atoms with Gasteiger partial charge in [0.15, 0.2) is 0 Å². The molecule has 150 valence electrons. The molecule has 2 N–H and O–H groups in total. The van der Waals surface area contributed by atoms with Crippen LogP contribution in [-0.4, -0.2) is 33.9 Å². The number of amides is 1. The standard InChI is InChI=1S/C19H21FN2O5S/c1-13-5-6-14(19(24)27-2)12-17(13)22-18(23)4-3-11-21-28(25,26)16-9-7-15(20)8-10-16/h5-10,12,21H,3-4,11H2,1-2H3,(H,22,23). The van der Waals surface area contributed by atoms with Crippen LogP contribution in [0.3, 0.4) is 0 Å². The molecule has 9 heteroatoms. The van der Waals surface area contributed by atoms with Crippen LogP contribution in [0, 0.1) is 12.7 Å². The molecule has 7 nitrogen and oxygen atoms in total. The van der Waals surface area contributed by atoms with Crippen LogP contribution in [0.15, 0.2) is 47.4 Å². The number of ether oxygens (including phenoxy) is 1. The zero-order chi connectivity index (χ0) is 20.7. The van der Waals surface area contributed by atoms with Crippen molar-refractivity contribution in [3.05, 3.63) is 59.4 Å². The number of sulfonamides is 1. The van der Waals surface area contributed by atoms with Gasteiger partial charge in [0.05, 0.1) is 17.6 Å². The van der Waals surface area contributed by atoms with Crippen LogP contribution in [-0.2, 0) is 19.6 Å². The first kappa shape index (κ1) is 21.5. The number of carbonyl (C=O) groups excluding carboxylic acids is 2. The van der Waals surface area contributed by atoms with Crippen molar-refractivity contribution in [3.63, 3.8) is 0 Å². The summed E-state index contributed by atoms with van der Waals surface area (Å²) >= 11 is 0. The Balaban J connectivity index is 1.86. The van der Waals surface area contributed by atoms with Crippen molar-refractivity contribution in [2.75, 3.05) is 19.0 Å². The van der Waals surface area contributed by atoms with E-state index in [0.29, 0.717) is 11.3 Å². The van der Waals surface area contributed by atoms with Gasteiger partial charge in [-0.25, -0.2) is 22.3 Å². The largest absolute Gasteiger partial charge is 0.465 e. The van der Waals surface area contributed by atoms with E-state index in [4.69, 9.17) is 0 Å². The van der Waals surface area contributed by atoms with Gasteiger partial charge < -0.3 is 10.1 Å². The second-order valence-corrected chi connectivity index (χ2v) is 7.79. The van der Waals surface area contributed by atoms with Gasteiger partial charge in [0.25, 0.3) is 0 Å². The van der Waals surface area contributed by atoms with E-state index in [0.717, 1.165) is 17.7 Å². The minimum Gasteiger partial charge on any atom is -0.465 e. The van der Waals surface area contributed by atoms with E-state index < -0.39 is 21.8 Å². The van der Waals surface area contributed by atoms with Crippen LogP contribution >= 0.6 is 0 Å². The lowest BCUT2D eigenvalue weighted by atomic mass is 10.1. The summed E-state index contributed by atoms with van der Waals surface area (Å²) < 4.78 is 44.1. The van der Waals surface area contributed by atoms with Gasteiger partial charge in [-0.05, 0) is 55.3 Å². The Morgan fingerprint density at radius 2 is 1.79 bits per heavy atom. The first-order chi connectivity index (χ1) is 13.2. The van der Waals surface area contributed by atoms with E-state index in [-0.39, 0.29) is 30.2 Å². The Kier molecular flexibility index (Phi) is 7.24. The number of carbonyl (C=O) groups is 2. The Morgan fingerprint density at radius 3 is 2.43 bits per heavy atom. The number of benzene rings is 2. The topological polar surface area (TPSA) is 102 Å². The summed E-state index contributed by atoms with van der Waals surface area (Å²) in [6, 6.07) is 9.28. The average Bonchev–Trinajstić information content (AvgIpc) is 2.66. The van der Waals surface area contributed by atoms with Gasteiger partial charge in [-0.1, -0.05) is 6.07 Å². The molecule has 1 amide bonds. The molecule has 0 spiro atoms. The summed E-state index contributed by atoms with van der Waals surface area (Å²) in [5, 5.41) is 2.70. The van der Waals surface area contributed by atoms with Crippen molar-refractivity contribution < 1.29 is 27.1 Å². The predicted octanol–water partition coefficient (Wildman–Crippen LogP) is 2.62. The van der Waals surface area contributed by atoms with Crippen LogP contribution in [0.1, 0.15) is 28.8 Å².